The molecule has 0 bridgehead atoms. The van der Waals surface area contributed by atoms with Crippen LogP contribution in [0.1, 0.15) is 33.6 Å². The lowest BCUT2D eigenvalue weighted by atomic mass is 10.1. The van der Waals surface area contributed by atoms with E-state index >= 15 is 0 Å². The molecule has 1 heterocycles. The number of anilines is 2. The van der Waals surface area contributed by atoms with Gasteiger partial charge in [-0.2, -0.15) is 0 Å². The molecule has 3 aromatic carbocycles. The number of amides is 2. The topological polar surface area (TPSA) is 114 Å². The molecular weight excluding hydrogens is 490 g/mol. The van der Waals surface area contributed by atoms with Crippen molar-refractivity contribution < 1.29 is 22.7 Å². The zero-order chi connectivity index (χ0) is 24.8. The predicted molar refractivity (Wildman–Crippen MR) is 134 cm³/mol. The van der Waals surface area contributed by atoms with Crippen molar-refractivity contribution in [3.05, 3.63) is 88.9 Å². The minimum atomic E-state index is -3.85. The molecule has 35 heavy (non-hydrogen) atoms. The van der Waals surface area contributed by atoms with Gasteiger partial charge in [0.25, 0.3) is 21.8 Å². The van der Waals surface area contributed by atoms with Gasteiger partial charge >= 0.3 is 0 Å². The second-order valence-corrected chi connectivity index (χ2v) is 10.0. The lowest BCUT2D eigenvalue weighted by molar-refractivity contribution is 0.0858. The highest BCUT2D eigenvalue weighted by molar-refractivity contribution is 7.92. The number of ether oxygens (including phenoxy) is 1. The summed E-state index contributed by atoms with van der Waals surface area (Å²) in [5.74, 6) is -0.929. The van der Waals surface area contributed by atoms with Gasteiger partial charge in [0.2, 0.25) is 0 Å². The smallest absolute Gasteiger partial charge is 0.261 e. The Morgan fingerprint density at radius 2 is 1.69 bits per heavy atom. The van der Waals surface area contributed by atoms with Gasteiger partial charge in [0, 0.05) is 18.8 Å². The first-order valence-corrected chi connectivity index (χ1v) is 12.9. The number of hydrogen-bond acceptors (Lipinski definition) is 5. The second kappa shape index (κ2) is 10.9. The van der Waals surface area contributed by atoms with Crippen LogP contribution >= 0.6 is 11.6 Å². The molecular formula is C25H24ClN3O5S. The van der Waals surface area contributed by atoms with Crippen molar-refractivity contribution in [1.82, 2.24) is 5.32 Å². The average molecular weight is 514 g/mol. The molecule has 4 rings (SSSR count). The molecule has 0 aliphatic carbocycles. The molecule has 8 nitrogen and oxygen atoms in total. The summed E-state index contributed by atoms with van der Waals surface area (Å²) in [5.41, 5.74) is 0.810. The molecule has 1 aliphatic rings. The molecule has 0 aromatic heterocycles. The number of nitrogens with one attached hydrogen (secondary N) is 3. The third kappa shape index (κ3) is 6.19. The van der Waals surface area contributed by atoms with Crippen LogP contribution in [0.4, 0.5) is 11.4 Å². The summed E-state index contributed by atoms with van der Waals surface area (Å²) in [7, 11) is -3.85. The fourth-order valence-electron chi connectivity index (χ4n) is 3.66. The Kier molecular flexibility index (Phi) is 7.70. The first-order valence-electron chi connectivity index (χ1n) is 11.0. The molecule has 1 saturated heterocycles. The van der Waals surface area contributed by atoms with Crippen LogP contribution in [0.3, 0.4) is 0 Å². The molecule has 1 aliphatic heterocycles. The number of hydrogen-bond donors (Lipinski definition) is 3. The average Bonchev–Trinajstić information content (AvgIpc) is 3.38. The van der Waals surface area contributed by atoms with Gasteiger partial charge in [-0.15, -0.1) is 0 Å². The Morgan fingerprint density at radius 3 is 2.43 bits per heavy atom. The van der Waals surface area contributed by atoms with Gasteiger partial charge in [-0.25, -0.2) is 8.42 Å². The lowest BCUT2D eigenvalue weighted by Crippen LogP contribution is -2.32. The van der Waals surface area contributed by atoms with Crippen LogP contribution in [0.2, 0.25) is 5.02 Å². The van der Waals surface area contributed by atoms with Gasteiger partial charge in [-0.1, -0.05) is 41.9 Å². The molecule has 3 N–H and O–H groups in total. The van der Waals surface area contributed by atoms with Crippen LogP contribution in [-0.4, -0.2) is 39.5 Å². The highest BCUT2D eigenvalue weighted by Crippen LogP contribution is 2.25. The lowest BCUT2D eigenvalue weighted by Gasteiger charge is -2.15. The van der Waals surface area contributed by atoms with E-state index in [1.54, 1.807) is 42.5 Å². The monoisotopic (exact) mass is 513 g/mol. The number of carbonyl (C=O) groups is 2. The second-order valence-electron chi connectivity index (χ2n) is 7.96. The maximum atomic E-state index is 13.0. The molecule has 182 valence electrons. The summed E-state index contributed by atoms with van der Waals surface area (Å²) in [6.07, 6.45) is 1.85. The van der Waals surface area contributed by atoms with E-state index in [2.05, 4.69) is 15.4 Å². The third-order valence-electron chi connectivity index (χ3n) is 5.45. The van der Waals surface area contributed by atoms with Gasteiger partial charge in [0.1, 0.15) is 0 Å². The molecule has 0 radical (unpaired) electrons. The van der Waals surface area contributed by atoms with Crippen molar-refractivity contribution in [2.45, 2.75) is 23.8 Å². The zero-order valence-corrected chi connectivity index (χ0v) is 20.2. The van der Waals surface area contributed by atoms with Gasteiger partial charge in [0.05, 0.1) is 32.8 Å². The number of rotatable bonds is 8. The van der Waals surface area contributed by atoms with Crippen molar-refractivity contribution in [3.63, 3.8) is 0 Å². The maximum absolute atomic E-state index is 13.0. The first kappa shape index (κ1) is 24.7. The fourth-order valence-corrected chi connectivity index (χ4v) is 4.94. The molecule has 1 fully saturated rings. The highest BCUT2D eigenvalue weighted by atomic mass is 35.5. The molecule has 0 unspecified atom stereocenters. The Labute approximate surface area is 208 Å². The molecule has 3 aromatic rings. The van der Waals surface area contributed by atoms with Crippen molar-refractivity contribution in [2.24, 2.45) is 0 Å². The summed E-state index contributed by atoms with van der Waals surface area (Å²) < 4.78 is 33.3. The van der Waals surface area contributed by atoms with Crippen LogP contribution in [0.5, 0.6) is 0 Å². The Hall–Kier alpha value is -3.40. The van der Waals surface area contributed by atoms with E-state index < -0.39 is 15.9 Å². The van der Waals surface area contributed by atoms with Gasteiger partial charge in [-0.05, 0) is 55.3 Å². The minimum Gasteiger partial charge on any atom is -0.376 e. The summed E-state index contributed by atoms with van der Waals surface area (Å²) in [4.78, 5) is 25.9. The van der Waals surface area contributed by atoms with E-state index in [9.17, 15) is 18.0 Å². The van der Waals surface area contributed by atoms with Crippen LogP contribution in [0.15, 0.2) is 77.7 Å². The van der Waals surface area contributed by atoms with Gasteiger partial charge in [-0.3, -0.25) is 14.3 Å². The fraction of sp³-hybridized carbons (Fsp3) is 0.200. The van der Waals surface area contributed by atoms with Crippen LogP contribution in [0, 0.1) is 0 Å². The van der Waals surface area contributed by atoms with E-state index in [-0.39, 0.29) is 38.7 Å². The van der Waals surface area contributed by atoms with E-state index in [1.807, 2.05) is 0 Å². The summed E-state index contributed by atoms with van der Waals surface area (Å²) in [6.45, 7) is 1.07. The Morgan fingerprint density at radius 1 is 0.943 bits per heavy atom. The number of benzene rings is 3. The molecule has 0 saturated carbocycles. The molecule has 10 heteroatoms. The van der Waals surface area contributed by atoms with E-state index in [4.69, 9.17) is 16.3 Å². The Balaban J connectivity index is 1.50. The standard InChI is InChI=1S/C25H24ClN3O5S/c26-22-13-12-17(29-35(32,33)19-8-2-1-3-9-19)15-21(22)25(31)28-23-11-5-4-10-20(23)24(30)27-16-18-7-6-14-34-18/h1-5,8-13,15,18,29H,6-7,14,16H2,(H,27,30)(H,28,31)/t18-/m0/s1. The molecule has 2 amide bonds. The van der Waals surface area contributed by atoms with E-state index in [0.717, 1.165) is 12.8 Å². The molecule has 1 atom stereocenters. The van der Waals surface area contributed by atoms with Crippen LogP contribution in [-0.2, 0) is 14.8 Å². The number of carbonyl (C=O) groups excluding carboxylic acids is 2. The normalized spacial score (nSPS) is 15.4. The maximum Gasteiger partial charge on any atom is 0.261 e. The zero-order valence-electron chi connectivity index (χ0n) is 18.7. The number of para-hydroxylation sites is 1. The van der Waals surface area contributed by atoms with E-state index in [0.29, 0.717) is 18.8 Å². The van der Waals surface area contributed by atoms with E-state index in [1.165, 1.54) is 30.3 Å². The van der Waals surface area contributed by atoms with Gasteiger partial charge < -0.3 is 15.4 Å². The molecule has 0 spiro atoms. The highest BCUT2D eigenvalue weighted by Gasteiger charge is 2.20. The predicted octanol–water partition coefficient (Wildman–Crippen LogP) is 4.30. The number of halogens is 1. The number of sulfonamides is 1. The van der Waals surface area contributed by atoms with Gasteiger partial charge in [0.15, 0.2) is 0 Å². The SMILES string of the molecule is O=C(Nc1ccccc1C(=O)NC[C@@H]1CCCO1)c1cc(NS(=O)(=O)c2ccccc2)ccc1Cl. The van der Waals surface area contributed by atoms with Crippen molar-refractivity contribution in [2.75, 3.05) is 23.2 Å². The largest absolute Gasteiger partial charge is 0.376 e. The minimum absolute atomic E-state index is 0.0121. The summed E-state index contributed by atoms with van der Waals surface area (Å²) >= 11 is 6.24. The van der Waals surface area contributed by atoms with Crippen LogP contribution < -0.4 is 15.4 Å². The van der Waals surface area contributed by atoms with Crippen molar-refractivity contribution >= 4 is 44.8 Å². The quantitative estimate of drug-likeness (QED) is 0.415. The first-order chi connectivity index (χ1) is 16.8. The third-order valence-corrected chi connectivity index (χ3v) is 7.18. The van der Waals surface area contributed by atoms with Crippen LogP contribution in [0.25, 0.3) is 0 Å². The van der Waals surface area contributed by atoms with Crippen molar-refractivity contribution in [1.29, 1.82) is 0 Å². The summed E-state index contributed by atoms with van der Waals surface area (Å²) in [5, 5.41) is 5.67. The summed E-state index contributed by atoms with van der Waals surface area (Å²) in [6, 6.07) is 18.7. The van der Waals surface area contributed by atoms with Crippen molar-refractivity contribution in [3.8, 4) is 0 Å². The Bertz CT molecular complexity index is 1330.